The van der Waals surface area contributed by atoms with Crippen molar-refractivity contribution in [2.45, 2.75) is 0 Å². The molecule has 0 saturated heterocycles. The van der Waals surface area contributed by atoms with Crippen LogP contribution in [0.25, 0.3) is 0 Å². The number of hydrogen-bond acceptors (Lipinski definition) is 1. The van der Waals surface area contributed by atoms with Crippen molar-refractivity contribution in [2.24, 2.45) is 0 Å². The first-order valence-electron chi connectivity index (χ1n) is 6.78. The molecule has 0 N–H and O–H groups in total. The standard InChI is InChI=1S/C17H9ClF4NP/c18-16-2-1-3-17(23-16)24(14-6-4-10(19)8-12(14)21)15-7-5-11(20)9-13(15)22/h1-9H. The topological polar surface area (TPSA) is 12.9 Å². The van der Waals surface area contributed by atoms with Gasteiger partial charge in [-0.05, 0) is 36.4 Å². The number of benzene rings is 2. The average Bonchev–Trinajstić information content (AvgIpc) is 2.51. The predicted octanol–water partition coefficient (Wildman–Crippen LogP) is 4.05. The third-order valence-electron chi connectivity index (χ3n) is 3.23. The molecule has 1 nitrogen and oxygen atoms in total. The van der Waals surface area contributed by atoms with Gasteiger partial charge in [-0.2, -0.15) is 0 Å². The molecule has 0 amide bonds. The van der Waals surface area contributed by atoms with Crippen LogP contribution in [-0.2, 0) is 0 Å². The zero-order chi connectivity index (χ0) is 17.3. The molecule has 24 heavy (non-hydrogen) atoms. The Bertz CT molecular complexity index is 852. The van der Waals surface area contributed by atoms with Gasteiger partial charge in [-0.15, -0.1) is 0 Å². The van der Waals surface area contributed by atoms with E-state index in [1.165, 1.54) is 18.2 Å². The second-order valence-corrected chi connectivity index (χ2v) is 7.33. The number of nitrogens with zero attached hydrogens (tertiary/aromatic N) is 1. The van der Waals surface area contributed by atoms with Gasteiger partial charge in [0.1, 0.15) is 28.4 Å². The molecule has 0 fully saturated rings. The molecular weight excluding hydrogens is 361 g/mol. The maximum atomic E-state index is 14.3. The summed E-state index contributed by atoms with van der Waals surface area (Å²) in [6.45, 7) is 0. The Morgan fingerprint density at radius 2 is 1.29 bits per heavy atom. The number of hydrogen-bond donors (Lipinski definition) is 0. The maximum Gasteiger partial charge on any atom is 0.134 e. The van der Waals surface area contributed by atoms with Crippen LogP contribution in [-0.4, -0.2) is 4.98 Å². The molecule has 0 unspecified atom stereocenters. The molecule has 0 saturated carbocycles. The smallest absolute Gasteiger partial charge is 0.134 e. The molecule has 1 heterocycles. The highest BCUT2D eigenvalue weighted by atomic mass is 35.5. The van der Waals surface area contributed by atoms with E-state index in [1.54, 1.807) is 12.1 Å². The van der Waals surface area contributed by atoms with Crippen LogP contribution in [0.3, 0.4) is 0 Å². The number of halogens is 5. The van der Waals surface area contributed by atoms with Crippen molar-refractivity contribution < 1.29 is 17.6 Å². The third-order valence-corrected chi connectivity index (χ3v) is 5.84. The van der Waals surface area contributed by atoms with Crippen molar-refractivity contribution in [3.05, 3.63) is 83.0 Å². The molecule has 0 spiro atoms. The van der Waals surface area contributed by atoms with Gasteiger partial charge < -0.3 is 0 Å². The van der Waals surface area contributed by atoms with Crippen LogP contribution in [0, 0.1) is 23.3 Å². The van der Waals surface area contributed by atoms with Crippen molar-refractivity contribution in [3.63, 3.8) is 0 Å². The molecule has 2 aromatic carbocycles. The minimum Gasteiger partial charge on any atom is -0.236 e. The van der Waals surface area contributed by atoms with E-state index < -0.39 is 31.2 Å². The molecule has 0 radical (unpaired) electrons. The monoisotopic (exact) mass is 369 g/mol. The first-order valence-corrected chi connectivity index (χ1v) is 8.50. The van der Waals surface area contributed by atoms with E-state index in [0.717, 1.165) is 24.3 Å². The van der Waals surface area contributed by atoms with Gasteiger partial charge in [0.15, 0.2) is 0 Å². The van der Waals surface area contributed by atoms with Crippen LogP contribution >= 0.6 is 19.5 Å². The average molecular weight is 370 g/mol. The van der Waals surface area contributed by atoms with E-state index in [1.807, 2.05) is 0 Å². The van der Waals surface area contributed by atoms with Crippen LogP contribution in [0.1, 0.15) is 0 Å². The second-order valence-electron chi connectivity index (χ2n) is 4.85. The fraction of sp³-hybridized carbons (Fsp3) is 0. The lowest BCUT2D eigenvalue weighted by Crippen LogP contribution is -2.27. The van der Waals surface area contributed by atoms with Gasteiger partial charge in [0.2, 0.25) is 0 Å². The van der Waals surface area contributed by atoms with Crippen molar-refractivity contribution in [3.8, 4) is 0 Å². The summed E-state index contributed by atoms with van der Waals surface area (Å²) in [5, 5.41) is 0.309. The van der Waals surface area contributed by atoms with Gasteiger partial charge in [-0.3, -0.25) is 0 Å². The van der Waals surface area contributed by atoms with Crippen LogP contribution in [0.5, 0.6) is 0 Å². The lowest BCUT2D eigenvalue weighted by molar-refractivity contribution is 0.588. The molecule has 0 aliphatic heterocycles. The Balaban J connectivity index is 2.24. The summed E-state index contributed by atoms with van der Waals surface area (Å²) < 4.78 is 55.0. The van der Waals surface area contributed by atoms with E-state index in [-0.39, 0.29) is 15.8 Å². The van der Waals surface area contributed by atoms with E-state index in [9.17, 15) is 17.6 Å². The second kappa shape index (κ2) is 6.88. The highest BCUT2D eigenvalue weighted by Gasteiger charge is 2.25. The summed E-state index contributed by atoms with van der Waals surface area (Å²) in [6, 6.07) is 10.8. The number of pyridine rings is 1. The number of aromatic nitrogens is 1. The Kier molecular flexibility index (Phi) is 4.83. The summed E-state index contributed by atoms with van der Waals surface area (Å²) in [7, 11) is -1.81. The lowest BCUT2D eigenvalue weighted by atomic mass is 10.3. The molecule has 0 bridgehead atoms. The van der Waals surface area contributed by atoms with E-state index in [4.69, 9.17) is 11.6 Å². The Morgan fingerprint density at radius 3 is 1.75 bits per heavy atom. The van der Waals surface area contributed by atoms with Crippen molar-refractivity contribution in [1.82, 2.24) is 4.98 Å². The number of rotatable bonds is 3. The summed E-state index contributed by atoms with van der Waals surface area (Å²) in [5.41, 5.74) is 0.327. The molecule has 0 aliphatic rings. The Morgan fingerprint density at radius 1 is 0.750 bits per heavy atom. The fourth-order valence-corrected chi connectivity index (χ4v) is 4.65. The molecule has 1 aromatic heterocycles. The minimum absolute atomic E-state index is 0.0756. The summed E-state index contributed by atoms with van der Waals surface area (Å²) in [6.07, 6.45) is 0. The van der Waals surface area contributed by atoms with Crippen molar-refractivity contribution in [2.75, 3.05) is 0 Å². The zero-order valence-electron chi connectivity index (χ0n) is 12.0. The molecule has 3 rings (SSSR count). The maximum absolute atomic E-state index is 14.3. The van der Waals surface area contributed by atoms with E-state index in [0.29, 0.717) is 5.44 Å². The van der Waals surface area contributed by atoms with E-state index >= 15 is 0 Å². The molecule has 122 valence electrons. The first-order chi connectivity index (χ1) is 11.5. The minimum atomic E-state index is -1.81. The Labute approximate surface area is 141 Å². The van der Waals surface area contributed by atoms with Crippen molar-refractivity contribution in [1.29, 1.82) is 0 Å². The van der Waals surface area contributed by atoms with Gasteiger partial charge in [0.25, 0.3) is 0 Å². The first kappa shape index (κ1) is 16.9. The molecule has 3 aromatic rings. The van der Waals surface area contributed by atoms with Gasteiger partial charge in [0.05, 0.1) is 5.44 Å². The highest BCUT2D eigenvalue weighted by Crippen LogP contribution is 2.34. The molecule has 7 heteroatoms. The summed E-state index contributed by atoms with van der Waals surface area (Å²) in [4.78, 5) is 4.13. The molecule has 0 atom stereocenters. The fourth-order valence-electron chi connectivity index (χ4n) is 2.22. The van der Waals surface area contributed by atoms with Crippen molar-refractivity contribution >= 4 is 35.6 Å². The highest BCUT2D eigenvalue weighted by molar-refractivity contribution is 7.79. The summed E-state index contributed by atoms with van der Waals surface area (Å²) >= 11 is 5.89. The van der Waals surface area contributed by atoms with Crippen LogP contribution in [0.4, 0.5) is 17.6 Å². The zero-order valence-corrected chi connectivity index (χ0v) is 13.6. The largest absolute Gasteiger partial charge is 0.236 e. The third kappa shape index (κ3) is 3.42. The van der Waals surface area contributed by atoms with E-state index in [2.05, 4.69) is 4.98 Å². The molecular formula is C17H9ClF4NP. The normalized spacial score (nSPS) is 11.1. The van der Waals surface area contributed by atoms with Gasteiger partial charge in [-0.1, -0.05) is 17.7 Å². The SMILES string of the molecule is Fc1ccc(P(c2cccc(Cl)n2)c2ccc(F)cc2F)c(F)c1. The van der Waals surface area contributed by atoms with Crippen LogP contribution in [0.2, 0.25) is 5.15 Å². The summed E-state index contributed by atoms with van der Waals surface area (Å²) in [5.74, 6) is -3.15. The van der Waals surface area contributed by atoms with Gasteiger partial charge >= 0.3 is 0 Å². The lowest BCUT2D eigenvalue weighted by Gasteiger charge is -2.19. The molecule has 0 aliphatic carbocycles. The van der Waals surface area contributed by atoms with Crippen LogP contribution in [0.15, 0.2) is 54.6 Å². The van der Waals surface area contributed by atoms with Crippen LogP contribution < -0.4 is 16.0 Å². The quantitative estimate of drug-likeness (QED) is 0.385. The van der Waals surface area contributed by atoms with Gasteiger partial charge in [0, 0.05) is 30.7 Å². The Hall–Kier alpha value is -1.97. The predicted molar refractivity (Wildman–Crippen MR) is 87.8 cm³/mol. The van der Waals surface area contributed by atoms with Gasteiger partial charge in [-0.25, -0.2) is 22.5 Å².